The molecule has 0 saturated carbocycles. The Labute approximate surface area is 149 Å². The summed E-state index contributed by atoms with van der Waals surface area (Å²) in [5, 5.41) is 2.01. The molecule has 3 rings (SSSR count). The highest BCUT2D eigenvalue weighted by atomic mass is 31.1. The summed E-state index contributed by atoms with van der Waals surface area (Å²) in [6.45, 7) is 0.466. The lowest BCUT2D eigenvalue weighted by atomic mass is 10.2. The van der Waals surface area contributed by atoms with Gasteiger partial charge in [0.05, 0.1) is 7.11 Å². The van der Waals surface area contributed by atoms with E-state index in [1.54, 1.807) is 7.11 Å². The number of methoxy groups -OCH3 is 1. The van der Waals surface area contributed by atoms with Gasteiger partial charge in [-0.05, 0) is 16.9 Å². The fraction of sp³-hybridized carbons (Fsp3) is 0.0952. The maximum absolute atomic E-state index is 11.3. The Kier molecular flexibility index (Phi) is 5.81. The van der Waals surface area contributed by atoms with Crippen molar-refractivity contribution in [2.75, 3.05) is 7.11 Å². The second-order valence-corrected chi connectivity index (χ2v) is 6.77. The van der Waals surface area contributed by atoms with Gasteiger partial charge < -0.3 is 9.47 Å². The minimum atomic E-state index is 0.312. The molecule has 0 radical (unpaired) electrons. The van der Waals surface area contributed by atoms with Gasteiger partial charge in [0.2, 0.25) is 0 Å². The zero-order chi connectivity index (χ0) is 17.5. The van der Waals surface area contributed by atoms with Crippen LogP contribution in [0.25, 0.3) is 0 Å². The Hall–Kier alpha value is -2.64. The summed E-state index contributed by atoms with van der Waals surface area (Å²) < 4.78 is 11.6. The van der Waals surface area contributed by atoms with Crippen LogP contribution in [0.2, 0.25) is 0 Å². The van der Waals surface area contributed by atoms with Gasteiger partial charge in [0.25, 0.3) is 0 Å². The van der Waals surface area contributed by atoms with Crippen molar-refractivity contribution in [1.82, 2.24) is 0 Å². The molecule has 0 heterocycles. The molecule has 0 aliphatic heterocycles. The SMILES string of the molecule is COc1cccc(Pc2ccccc2C=O)c1OCc1ccccc1. The minimum Gasteiger partial charge on any atom is -0.493 e. The Morgan fingerprint density at radius 1 is 0.880 bits per heavy atom. The molecular formula is C21H19O3P. The van der Waals surface area contributed by atoms with Crippen molar-refractivity contribution < 1.29 is 14.3 Å². The van der Waals surface area contributed by atoms with Crippen molar-refractivity contribution in [2.45, 2.75) is 6.61 Å². The van der Waals surface area contributed by atoms with E-state index < -0.39 is 0 Å². The van der Waals surface area contributed by atoms with Crippen molar-refractivity contribution in [3.05, 3.63) is 83.9 Å². The van der Waals surface area contributed by atoms with Crippen molar-refractivity contribution in [1.29, 1.82) is 0 Å². The second kappa shape index (κ2) is 8.46. The van der Waals surface area contributed by atoms with Gasteiger partial charge in [0.1, 0.15) is 6.61 Å². The predicted molar refractivity (Wildman–Crippen MR) is 103 cm³/mol. The summed E-state index contributed by atoms with van der Waals surface area (Å²) >= 11 is 0. The molecule has 25 heavy (non-hydrogen) atoms. The lowest BCUT2D eigenvalue weighted by molar-refractivity contribution is 0.112. The molecule has 1 unspecified atom stereocenters. The van der Waals surface area contributed by atoms with Gasteiger partial charge in [-0.15, -0.1) is 0 Å². The fourth-order valence-electron chi connectivity index (χ4n) is 2.51. The van der Waals surface area contributed by atoms with E-state index in [2.05, 4.69) is 0 Å². The lowest BCUT2D eigenvalue weighted by Crippen LogP contribution is -2.12. The van der Waals surface area contributed by atoms with E-state index in [1.807, 2.05) is 72.8 Å². The summed E-state index contributed by atoms with van der Waals surface area (Å²) in [5.41, 5.74) is 1.80. The normalized spacial score (nSPS) is 10.8. The van der Waals surface area contributed by atoms with Crippen LogP contribution in [-0.4, -0.2) is 13.4 Å². The van der Waals surface area contributed by atoms with Crippen LogP contribution in [0.4, 0.5) is 0 Å². The number of carbonyl (C=O) groups is 1. The first-order valence-corrected chi connectivity index (χ1v) is 8.97. The van der Waals surface area contributed by atoms with E-state index in [0.29, 0.717) is 26.5 Å². The van der Waals surface area contributed by atoms with Crippen molar-refractivity contribution in [3.8, 4) is 11.5 Å². The van der Waals surface area contributed by atoms with Crippen molar-refractivity contribution in [2.24, 2.45) is 0 Å². The summed E-state index contributed by atoms with van der Waals surface area (Å²) in [6.07, 6.45) is 0.896. The molecule has 0 saturated heterocycles. The first-order chi connectivity index (χ1) is 12.3. The van der Waals surface area contributed by atoms with Gasteiger partial charge in [0.15, 0.2) is 17.8 Å². The third kappa shape index (κ3) is 4.26. The quantitative estimate of drug-likeness (QED) is 0.481. The van der Waals surface area contributed by atoms with Gasteiger partial charge in [-0.25, -0.2) is 0 Å². The summed E-state index contributed by atoms with van der Waals surface area (Å²) in [5.74, 6) is 1.43. The largest absolute Gasteiger partial charge is 0.493 e. The molecule has 4 heteroatoms. The highest BCUT2D eigenvalue weighted by molar-refractivity contribution is 7.56. The van der Waals surface area contributed by atoms with Crippen LogP contribution in [0.5, 0.6) is 11.5 Å². The van der Waals surface area contributed by atoms with Gasteiger partial charge in [-0.2, -0.15) is 0 Å². The van der Waals surface area contributed by atoms with Gasteiger partial charge in [-0.3, -0.25) is 4.79 Å². The van der Waals surface area contributed by atoms with E-state index >= 15 is 0 Å². The highest BCUT2D eigenvalue weighted by Crippen LogP contribution is 2.30. The van der Waals surface area contributed by atoms with Crippen LogP contribution >= 0.6 is 8.58 Å². The van der Waals surface area contributed by atoms with Gasteiger partial charge in [0, 0.05) is 10.9 Å². The van der Waals surface area contributed by atoms with E-state index in [9.17, 15) is 4.79 Å². The second-order valence-electron chi connectivity index (χ2n) is 5.44. The molecule has 0 aliphatic carbocycles. The number of aldehydes is 1. The topological polar surface area (TPSA) is 35.5 Å². The maximum atomic E-state index is 11.3. The third-order valence-corrected chi connectivity index (χ3v) is 5.17. The summed E-state index contributed by atoms with van der Waals surface area (Å²) in [4.78, 5) is 11.3. The molecule has 1 atom stereocenters. The molecule has 3 aromatic rings. The number of rotatable bonds is 7. The average Bonchev–Trinajstić information content (AvgIpc) is 2.68. The first-order valence-electron chi connectivity index (χ1n) is 7.97. The lowest BCUT2D eigenvalue weighted by Gasteiger charge is -2.16. The molecule has 0 spiro atoms. The number of hydrogen-bond donors (Lipinski definition) is 0. The summed E-state index contributed by atoms with van der Waals surface area (Å²) in [6, 6.07) is 23.5. The van der Waals surface area contributed by atoms with E-state index in [4.69, 9.17) is 9.47 Å². The van der Waals surface area contributed by atoms with Crippen molar-refractivity contribution in [3.63, 3.8) is 0 Å². The molecule has 0 aliphatic rings. The van der Waals surface area contributed by atoms with Crippen LogP contribution in [0, 0.1) is 0 Å². The number of ether oxygens (including phenoxy) is 2. The smallest absolute Gasteiger partial charge is 0.169 e. The highest BCUT2D eigenvalue weighted by Gasteiger charge is 2.13. The molecule has 0 N–H and O–H groups in total. The molecule has 0 bridgehead atoms. The van der Waals surface area contributed by atoms with Crippen LogP contribution in [0.1, 0.15) is 15.9 Å². The standard InChI is InChI=1S/C21H19O3P/c1-23-18-11-7-13-20(25-19-12-6-5-10-17(19)14-22)21(18)24-15-16-8-3-2-4-9-16/h2-14,25H,15H2,1H3. The number of hydrogen-bond acceptors (Lipinski definition) is 3. The van der Waals surface area contributed by atoms with E-state index in [1.165, 1.54) is 0 Å². The molecule has 3 nitrogen and oxygen atoms in total. The van der Waals surface area contributed by atoms with Crippen LogP contribution in [-0.2, 0) is 6.61 Å². The zero-order valence-electron chi connectivity index (χ0n) is 13.9. The van der Waals surface area contributed by atoms with Gasteiger partial charge in [-0.1, -0.05) is 75.3 Å². The fourth-order valence-corrected chi connectivity index (χ4v) is 3.76. The number of carbonyl (C=O) groups excluding carboxylic acids is 1. The number of para-hydroxylation sites is 1. The Bertz CT molecular complexity index is 847. The van der Waals surface area contributed by atoms with Crippen molar-refractivity contribution >= 4 is 25.5 Å². The van der Waals surface area contributed by atoms with Crippen LogP contribution < -0.4 is 20.1 Å². The molecule has 3 aromatic carbocycles. The van der Waals surface area contributed by atoms with Crippen LogP contribution in [0.15, 0.2) is 72.8 Å². The zero-order valence-corrected chi connectivity index (χ0v) is 14.9. The third-order valence-electron chi connectivity index (χ3n) is 3.78. The van der Waals surface area contributed by atoms with Crippen LogP contribution in [0.3, 0.4) is 0 Å². The predicted octanol–water partition coefficient (Wildman–Crippen LogP) is 3.72. The molecular weight excluding hydrogens is 331 g/mol. The summed E-state index contributed by atoms with van der Waals surface area (Å²) in [7, 11) is 1.95. The van der Waals surface area contributed by atoms with E-state index in [0.717, 1.165) is 28.2 Å². The Balaban J connectivity index is 1.89. The monoisotopic (exact) mass is 350 g/mol. The Morgan fingerprint density at radius 3 is 2.36 bits per heavy atom. The molecule has 0 aromatic heterocycles. The maximum Gasteiger partial charge on any atom is 0.169 e. The molecule has 126 valence electrons. The first kappa shape index (κ1) is 17.2. The average molecular weight is 350 g/mol. The van der Waals surface area contributed by atoms with Gasteiger partial charge >= 0.3 is 0 Å². The molecule has 0 amide bonds. The number of benzene rings is 3. The Morgan fingerprint density at radius 2 is 1.60 bits per heavy atom. The molecule has 0 fully saturated rings. The minimum absolute atomic E-state index is 0.312. The van der Waals surface area contributed by atoms with E-state index in [-0.39, 0.29) is 0 Å².